The van der Waals surface area contributed by atoms with E-state index in [1.54, 1.807) is 0 Å². The predicted molar refractivity (Wildman–Crippen MR) is 76.4 cm³/mol. The van der Waals surface area contributed by atoms with Gasteiger partial charge in [-0.15, -0.1) is 0 Å². The molecule has 20 heavy (non-hydrogen) atoms. The molecule has 1 N–H and O–H groups in total. The predicted octanol–water partition coefficient (Wildman–Crippen LogP) is 2.88. The largest absolute Gasteiger partial charge is 0.382 e. The first kappa shape index (κ1) is 14.7. The Bertz CT molecular complexity index is 495. The summed E-state index contributed by atoms with van der Waals surface area (Å²) in [4.78, 5) is 12.4. The summed E-state index contributed by atoms with van der Waals surface area (Å²) < 4.78 is 13.4. The molecule has 1 aliphatic heterocycles. The second-order valence-electron chi connectivity index (χ2n) is 5.55. The summed E-state index contributed by atoms with van der Waals surface area (Å²) in [6.07, 6.45) is 2.27. The molecule has 2 rings (SSSR count). The Morgan fingerprint density at radius 1 is 1.50 bits per heavy atom. The average molecular weight is 281 g/mol. The molecule has 2 unspecified atom stereocenters. The van der Waals surface area contributed by atoms with Crippen LogP contribution in [0.25, 0.3) is 0 Å². The van der Waals surface area contributed by atoms with Crippen molar-refractivity contribution in [3.05, 3.63) is 34.1 Å². The van der Waals surface area contributed by atoms with Crippen LogP contribution in [-0.4, -0.2) is 36.0 Å². The van der Waals surface area contributed by atoms with Gasteiger partial charge in [-0.05, 0) is 45.3 Å². The van der Waals surface area contributed by atoms with Crippen LogP contribution in [0.5, 0.6) is 0 Å². The summed E-state index contributed by atoms with van der Waals surface area (Å²) in [5.41, 5.74) is 0.248. The second-order valence-corrected chi connectivity index (χ2v) is 5.55. The zero-order chi connectivity index (χ0) is 14.7. The molecule has 5 nitrogen and oxygen atoms in total. The van der Waals surface area contributed by atoms with Gasteiger partial charge in [0.05, 0.1) is 11.0 Å². The van der Waals surface area contributed by atoms with Crippen LogP contribution in [0.1, 0.15) is 19.8 Å². The zero-order valence-corrected chi connectivity index (χ0v) is 11.8. The summed E-state index contributed by atoms with van der Waals surface area (Å²) in [6.45, 7) is 4.14. The highest BCUT2D eigenvalue weighted by Gasteiger charge is 2.23. The van der Waals surface area contributed by atoms with Crippen LogP contribution in [0.2, 0.25) is 0 Å². The van der Waals surface area contributed by atoms with Crippen LogP contribution >= 0.6 is 0 Å². The van der Waals surface area contributed by atoms with Gasteiger partial charge in [0.15, 0.2) is 0 Å². The van der Waals surface area contributed by atoms with E-state index in [0.29, 0.717) is 11.6 Å². The molecule has 1 fully saturated rings. The first-order valence-electron chi connectivity index (χ1n) is 6.86. The zero-order valence-electron chi connectivity index (χ0n) is 11.8. The van der Waals surface area contributed by atoms with Gasteiger partial charge in [0, 0.05) is 24.3 Å². The lowest BCUT2D eigenvalue weighted by Gasteiger charge is -2.34. The third kappa shape index (κ3) is 3.66. The number of halogens is 1. The van der Waals surface area contributed by atoms with Gasteiger partial charge in [-0.1, -0.05) is 0 Å². The van der Waals surface area contributed by atoms with E-state index in [1.807, 2.05) is 6.92 Å². The van der Waals surface area contributed by atoms with Crippen LogP contribution in [0, 0.1) is 21.8 Å². The number of nitrogens with zero attached hydrogens (tertiary/aromatic N) is 2. The van der Waals surface area contributed by atoms with Crippen molar-refractivity contribution in [2.24, 2.45) is 5.92 Å². The molecule has 110 valence electrons. The fourth-order valence-electron chi connectivity index (χ4n) is 2.76. The minimum absolute atomic E-state index is 0.152. The van der Waals surface area contributed by atoms with E-state index in [-0.39, 0.29) is 11.7 Å². The van der Waals surface area contributed by atoms with Crippen LogP contribution in [0.3, 0.4) is 0 Å². The number of hydrogen-bond acceptors (Lipinski definition) is 4. The van der Waals surface area contributed by atoms with Gasteiger partial charge < -0.3 is 10.2 Å². The van der Waals surface area contributed by atoms with Gasteiger partial charge in [-0.25, -0.2) is 4.39 Å². The molecule has 0 spiro atoms. The lowest BCUT2D eigenvalue weighted by atomic mass is 9.91. The third-order valence-corrected chi connectivity index (χ3v) is 3.86. The molecule has 0 amide bonds. The van der Waals surface area contributed by atoms with E-state index in [1.165, 1.54) is 12.1 Å². The molecule has 0 bridgehead atoms. The van der Waals surface area contributed by atoms with E-state index >= 15 is 0 Å². The smallest absolute Gasteiger partial charge is 0.274 e. The summed E-state index contributed by atoms with van der Waals surface area (Å²) in [6, 6.07) is 3.77. The fourth-order valence-corrected chi connectivity index (χ4v) is 2.76. The number of rotatable bonds is 4. The van der Waals surface area contributed by atoms with E-state index in [0.717, 1.165) is 32.0 Å². The maximum absolute atomic E-state index is 13.4. The minimum Gasteiger partial charge on any atom is -0.382 e. The van der Waals surface area contributed by atoms with E-state index in [2.05, 4.69) is 17.3 Å². The number of likely N-dealkylation sites (tertiary alicyclic amines) is 1. The van der Waals surface area contributed by atoms with Gasteiger partial charge in [-0.3, -0.25) is 10.1 Å². The maximum Gasteiger partial charge on any atom is 0.274 e. The standard InChI is InChI=1S/C14H20FN3O2/c1-10(11-4-3-5-17(2)9-11)16-13-6-12(15)7-14(8-13)18(19)20/h6-8,10-11,16H,3-5,9H2,1-2H3. The van der Waals surface area contributed by atoms with E-state index in [9.17, 15) is 14.5 Å². The van der Waals surface area contributed by atoms with E-state index in [4.69, 9.17) is 0 Å². The van der Waals surface area contributed by atoms with Crippen molar-refractivity contribution in [3.63, 3.8) is 0 Å². The van der Waals surface area contributed by atoms with Gasteiger partial charge in [0.1, 0.15) is 5.82 Å². The molecule has 0 radical (unpaired) electrons. The molecule has 0 aliphatic carbocycles. The first-order chi connectivity index (χ1) is 9.45. The molecule has 6 heteroatoms. The van der Waals surface area contributed by atoms with Crippen LogP contribution in [0.15, 0.2) is 18.2 Å². The maximum atomic E-state index is 13.4. The first-order valence-corrected chi connectivity index (χ1v) is 6.86. The van der Waals surface area contributed by atoms with Gasteiger partial charge >= 0.3 is 0 Å². The van der Waals surface area contributed by atoms with Crippen molar-refractivity contribution in [1.82, 2.24) is 4.90 Å². The van der Waals surface area contributed by atoms with Crippen molar-refractivity contribution in [2.75, 3.05) is 25.5 Å². The average Bonchev–Trinajstić information content (AvgIpc) is 2.37. The lowest BCUT2D eigenvalue weighted by molar-refractivity contribution is -0.385. The number of piperidine rings is 1. The Hall–Kier alpha value is -1.69. The highest BCUT2D eigenvalue weighted by Crippen LogP contribution is 2.24. The third-order valence-electron chi connectivity index (χ3n) is 3.86. The molecule has 0 aromatic heterocycles. The van der Waals surface area contributed by atoms with Gasteiger partial charge in [0.2, 0.25) is 0 Å². The molecule has 1 saturated heterocycles. The molecule has 0 saturated carbocycles. The topological polar surface area (TPSA) is 58.4 Å². The summed E-state index contributed by atoms with van der Waals surface area (Å²) in [7, 11) is 2.09. The van der Waals surface area contributed by atoms with Crippen LogP contribution in [0.4, 0.5) is 15.8 Å². The number of benzene rings is 1. The molecular formula is C14H20FN3O2. The Kier molecular flexibility index (Phi) is 4.54. The van der Waals surface area contributed by atoms with E-state index < -0.39 is 10.7 Å². The molecule has 1 heterocycles. The fraction of sp³-hybridized carbons (Fsp3) is 0.571. The van der Waals surface area contributed by atoms with Crippen LogP contribution in [-0.2, 0) is 0 Å². The molecule has 1 aromatic rings. The van der Waals surface area contributed by atoms with Crippen molar-refractivity contribution < 1.29 is 9.31 Å². The number of nitro benzene ring substituents is 1. The molecule has 1 aromatic carbocycles. The quantitative estimate of drug-likeness (QED) is 0.681. The highest BCUT2D eigenvalue weighted by molar-refractivity contribution is 5.52. The number of nitro groups is 1. The van der Waals surface area contributed by atoms with Crippen LogP contribution < -0.4 is 5.32 Å². The molecular weight excluding hydrogens is 261 g/mol. The van der Waals surface area contributed by atoms with Gasteiger partial charge in [0.25, 0.3) is 5.69 Å². The number of hydrogen-bond donors (Lipinski definition) is 1. The van der Waals surface area contributed by atoms with Crippen molar-refractivity contribution in [2.45, 2.75) is 25.8 Å². The normalized spacial score (nSPS) is 21.4. The number of anilines is 1. The number of nitrogens with one attached hydrogen (secondary N) is 1. The Morgan fingerprint density at radius 2 is 2.25 bits per heavy atom. The SMILES string of the molecule is CC(Nc1cc(F)cc([N+](=O)[O-])c1)C1CCCN(C)C1. The Morgan fingerprint density at radius 3 is 2.90 bits per heavy atom. The van der Waals surface area contributed by atoms with Crippen molar-refractivity contribution in [1.29, 1.82) is 0 Å². The monoisotopic (exact) mass is 281 g/mol. The summed E-state index contributed by atoms with van der Waals surface area (Å²) >= 11 is 0. The summed E-state index contributed by atoms with van der Waals surface area (Å²) in [5.74, 6) is -0.120. The van der Waals surface area contributed by atoms with Gasteiger partial charge in [-0.2, -0.15) is 0 Å². The second kappa shape index (κ2) is 6.17. The minimum atomic E-state index is -0.588. The van der Waals surface area contributed by atoms with Crippen molar-refractivity contribution in [3.8, 4) is 0 Å². The Balaban J connectivity index is 2.07. The number of non-ortho nitro benzene ring substituents is 1. The van der Waals surface area contributed by atoms with Crippen molar-refractivity contribution >= 4 is 11.4 Å². The molecule has 1 aliphatic rings. The lowest BCUT2D eigenvalue weighted by Crippen LogP contribution is -2.39. The highest BCUT2D eigenvalue weighted by atomic mass is 19.1. The Labute approximate surface area is 117 Å². The summed E-state index contributed by atoms with van der Waals surface area (Å²) in [5, 5.41) is 13.9. The molecule has 2 atom stereocenters.